The average molecular weight is 165 g/mol. The lowest BCUT2D eigenvalue weighted by Crippen LogP contribution is -2.42. The van der Waals surface area contributed by atoms with Crippen molar-refractivity contribution in [3.05, 3.63) is 12.2 Å². The number of carbonyl (C=O) groups is 2. The number of rotatable bonds is 0. The van der Waals surface area contributed by atoms with Gasteiger partial charge in [0.15, 0.2) is 5.78 Å². The van der Waals surface area contributed by atoms with Crippen LogP contribution in [0.3, 0.4) is 0 Å². The summed E-state index contributed by atoms with van der Waals surface area (Å²) in [6.07, 6.45) is 4.29. The molecule has 2 heterocycles. The molecule has 2 unspecified atom stereocenters. The van der Waals surface area contributed by atoms with Crippen molar-refractivity contribution in [2.75, 3.05) is 0 Å². The maximum Gasteiger partial charge on any atom is 0.314 e. The molecule has 0 aromatic rings. The highest BCUT2D eigenvalue weighted by molar-refractivity contribution is 6.02. The summed E-state index contributed by atoms with van der Waals surface area (Å²) in [5, 5.41) is 0. The molecule has 4 heteroatoms. The third-order valence-electron chi connectivity index (χ3n) is 1.86. The Hall–Kier alpha value is -1.45. The van der Waals surface area contributed by atoms with Gasteiger partial charge < -0.3 is 4.74 Å². The van der Waals surface area contributed by atoms with Crippen molar-refractivity contribution >= 4 is 18.0 Å². The van der Waals surface area contributed by atoms with E-state index in [9.17, 15) is 9.59 Å². The van der Waals surface area contributed by atoms with E-state index in [-0.39, 0.29) is 12.2 Å². The third-order valence-corrected chi connectivity index (χ3v) is 1.86. The quantitative estimate of drug-likeness (QED) is 0.371. The van der Waals surface area contributed by atoms with E-state index in [0.717, 1.165) is 0 Å². The number of allylic oxidation sites excluding steroid dienone is 1. The summed E-state index contributed by atoms with van der Waals surface area (Å²) in [5.41, 5.74) is 0. The monoisotopic (exact) mass is 165 g/mol. The van der Waals surface area contributed by atoms with Crippen molar-refractivity contribution in [1.29, 1.82) is 0 Å². The van der Waals surface area contributed by atoms with Crippen molar-refractivity contribution < 1.29 is 14.3 Å². The summed E-state index contributed by atoms with van der Waals surface area (Å²) < 4.78 is 4.90. The second-order valence-corrected chi connectivity index (χ2v) is 2.73. The summed E-state index contributed by atoms with van der Waals surface area (Å²) >= 11 is 0. The molecular formula is C8H7NO3. The summed E-state index contributed by atoms with van der Waals surface area (Å²) in [6, 6.07) is -0.493. The lowest BCUT2D eigenvalue weighted by Gasteiger charge is -2.26. The van der Waals surface area contributed by atoms with E-state index in [2.05, 4.69) is 4.99 Å². The number of hydrogen-bond donors (Lipinski definition) is 0. The van der Waals surface area contributed by atoms with Gasteiger partial charge in [0.2, 0.25) is 0 Å². The normalized spacial score (nSPS) is 33.0. The highest BCUT2D eigenvalue weighted by atomic mass is 16.5. The van der Waals surface area contributed by atoms with E-state index in [4.69, 9.17) is 4.74 Å². The minimum absolute atomic E-state index is 0.146. The molecule has 0 bridgehead atoms. The van der Waals surface area contributed by atoms with E-state index < -0.39 is 18.1 Å². The molecule has 2 atom stereocenters. The number of nitrogens with zero attached hydrogens (tertiary/aromatic N) is 1. The van der Waals surface area contributed by atoms with Crippen molar-refractivity contribution in [1.82, 2.24) is 0 Å². The van der Waals surface area contributed by atoms with Gasteiger partial charge in [-0.05, 0) is 12.2 Å². The van der Waals surface area contributed by atoms with Crippen LogP contribution in [0.4, 0.5) is 0 Å². The van der Waals surface area contributed by atoms with Crippen LogP contribution >= 0.6 is 0 Å². The molecule has 0 N–H and O–H groups in total. The van der Waals surface area contributed by atoms with E-state index in [1.807, 2.05) is 0 Å². The van der Waals surface area contributed by atoms with Gasteiger partial charge in [0, 0.05) is 6.21 Å². The zero-order chi connectivity index (χ0) is 8.55. The molecule has 2 aliphatic rings. The fourth-order valence-electron chi connectivity index (χ4n) is 1.30. The molecule has 4 nitrogen and oxygen atoms in total. The first-order chi connectivity index (χ1) is 5.77. The molecule has 0 aromatic carbocycles. The Morgan fingerprint density at radius 3 is 3.17 bits per heavy atom. The van der Waals surface area contributed by atoms with Crippen LogP contribution < -0.4 is 0 Å². The van der Waals surface area contributed by atoms with Gasteiger partial charge in [-0.25, -0.2) is 0 Å². The number of ketones is 1. The molecule has 12 heavy (non-hydrogen) atoms. The van der Waals surface area contributed by atoms with Crippen molar-refractivity contribution in [2.45, 2.75) is 18.6 Å². The zero-order valence-electron chi connectivity index (χ0n) is 6.27. The second-order valence-electron chi connectivity index (χ2n) is 2.73. The predicted molar refractivity (Wildman–Crippen MR) is 40.9 cm³/mol. The Morgan fingerprint density at radius 2 is 2.33 bits per heavy atom. The number of esters is 1. The summed E-state index contributed by atoms with van der Waals surface area (Å²) in [5.74, 6) is -0.611. The smallest absolute Gasteiger partial charge is 0.314 e. The third kappa shape index (κ3) is 1.05. The van der Waals surface area contributed by atoms with Crippen molar-refractivity contribution in [3.63, 3.8) is 0 Å². The lowest BCUT2D eigenvalue weighted by atomic mass is 9.99. The van der Waals surface area contributed by atoms with Crippen molar-refractivity contribution in [2.24, 2.45) is 4.99 Å². The van der Waals surface area contributed by atoms with E-state index in [1.165, 1.54) is 0 Å². The topological polar surface area (TPSA) is 55.7 Å². The van der Waals surface area contributed by atoms with Crippen molar-refractivity contribution in [3.8, 4) is 0 Å². The Morgan fingerprint density at radius 1 is 1.50 bits per heavy atom. The number of ether oxygens (including phenoxy) is 1. The summed E-state index contributed by atoms with van der Waals surface area (Å²) in [6.45, 7) is 0. The molecule has 0 radical (unpaired) electrons. The molecule has 0 saturated carbocycles. The number of Topliss-reactive ketones (excluding diaryl/α,β-unsaturated/α-hetero) is 1. The predicted octanol–water partition coefficient (Wildman–Crippen LogP) is -0.120. The van der Waals surface area contributed by atoms with Gasteiger partial charge in [-0.2, -0.15) is 0 Å². The molecule has 2 aliphatic heterocycles. The van der Waals surface area contributed by atoms with Gasteiger partial charge in [-0.15, -0.1) is 0 Å². The number of dihydropyridines is 1. The maximum absolute atomic E-state index is 11.2. The minimum atomic E-state index is -0.493. The van der Waals surface area contributed by atoms with E-state index >= 15 is 0 Å². The van der Waals surface area contributed by atoms with Crippen LogP contribution in [-0.2, 0) is 14.3 Å². The Bertz CT molecular complexity index is 293. The molecule has 2 rings (SSSR count). The van der Waals surface area contributed by atoms with E-state index in [1.54, 1.807) is 18.4 Å². The first-order valence-corrected chi connectivity index (χ1v) is 3.69. The molecular weight excluding hydrogens is 158 g/mol. The van der Waals surface area contributed by atoms with Crippen LogP contribution in [0.5, 0.6) is 0 Å². The Balaban J connectivity index is 2.25. The molecule has 0 spiro atoms. The minimum Gasteiger partial charge on any atom is -0.455 e. The standard InChI is InChI=1S/C8H7NO3/c10-5-4-7(11)12-6-2-1-3-9-8(5)6/h1-3,6,8H,4H2. The fraction of sp³-hybridized carbons (Fsp3) is 0.375. The van der Waals surface area contributed by atoms with Crippen LogP contribution in [0.25, 0.3) is 0 Å². The highest BCUT2D eigenvalue weighted by Gasteiger charge is 2.36. The maximum atomic E-state index is 11.2. The first-order valence-electron chi connectivity index (χ1n) is 3.69. The fourth-order valence-corrected chi connectivity index (χ4v) is 1.30. The Labute approximate surface area is 68.9 Å². The van der Waals surface area contributed by atoms with Gasteiger partial charge in [0.05, 0.1) is 0 Å². The highest BCUT2D eigenvalue weighted by Crippen LogP contribution is 2.18. The SMILES string of the molecule is O=C1CC(=O)C2N=CC=CC2O1. The first kappa shape index (κ1) is 7.21. The zero-order valence-corrected chi connectivity index (χ0v) is 6.27. The molecule has 1 fully saturated rings. The number of carbonyl (C=O) groups excluding carboxylic acids is 2. The van der Waals surface area contributed by atoms with Gasteiger partial charge >= 0.3 is 5.97 Å². The van der Waals surface area contributed by atoms with Gasteiger partial charge in [0.25, 0.3) is 0 Å². The van der Waals surface area contributed by atoms with Crippen LogP contribution in [0, 0.1) is 0 Å². The summed E-state index contributed by atoms with van der Waals surface area (Å²) in [7, 11) is 0. The molecule has 0 aliphatic carbocycles. The number of aliphatic imine (C=N–C) groups is 1. The van der Waals surface area contributed by atoms with Gasteiger partial charge in [-0.1, -0.05) is 0 Å². The molecule has 62 valence electrons. The Kier molecular flexibility index (Phi) is 1.53. The van der Waals surface area contributed by atoms with Crippen LogP contribution in [0.15, 0.2) is 17.1 Å². The van der Waals surface area contributed by atoms with Crippen LogP contribution in [-0.4, -0.2) is 30.1 Å². The number of hydrogen-bond acceptors (Lipinski definition) is 4. The largest absolute Gasteiger partial charge is 0.455 e. The lowest BCUT2D eigenvalue weighted by molar-refractivity contribution is -0.156. The summed E-state index contributed by atoms with van der Waals surface area (Å²) in [4.78, 5) is 25.9. The molecule has 0 aromatic heterocycles. The van der Waals surface area contributed by atoms with Gasteiger partial charge in [-0.3, -0.25) is 14.6 Å². The van der Waals surface area contributed by atoms with Crippen LogP contribution in [0.1, 0.15) is 6.42 Å². The average Bonchev–Trinajstić information content (AvgIpc) is 2.04. The molecule has 0 amide bonds. The van der Waals surface area contributed by atoms with E-state index in [0.29, 0.717) is 0 Å². The second kappa shape index (κ2) is 2.55. The van der Waals surface area contributed by atoms with Crippen LogP contribution in [0.2, 0.25) is 0 Å². The van der Waals surface area contributed by atoms with Gasteiger partial charge in [0.1, 0.15) is 18.6 Å². The molecule has 1 saturated heterocycles. The number of fused-ring (bicyclic) bond motifs is 1.